The second-order valence-corrected chi connectivity index (χ2v) is 9.79. The summed E-state index contributed by atoms with van der Waals surface area (Å²) in [5, 5.41) is 0.491. The van der Waals surface area contributed by atoms with Gasteiger partial charge in [-0.3, -0.25) is 4.79 Å². The van der Waals surface area contributed by atoms with Crippen LogP contribution in [0, 0.1) is 6.92 Å². The van der Waals surface area contributed by atoms with Crippen LogP contribution in [0.1, 0.15) is 22.8 Å². The summed E-state index contributed by atoms with van der Waals surface area (Å²) in [6.07, 6.45) is -7.88. The number of halogens is 17. The van der Waals surface area contributed by atoms with E-state index in [0.717, 1.165) is 10.7 Å². The Balaban J connectivity index is 2.61. The van der Waals surface area contributed by atoms with Gasteiger partial charge in [0.25, 0.3) is 0 Å². The molecule has 0 atom stereocenters. The SMILES string of the molecule is CCOC(=O)c1c(-c2ccc(C)cc2)csc1NC(=O)C(F)(F)C(F)(F)C(F)(F)C(F)(F)C(F)(F)C(F)(F)C(F)(F)C(F)(F)F. The summed E-state index contributed by atoms with van der Waals surface area (Å²) in [7, 11) is 0. The van der Waals surface area contributed by atoms with Gasteiger partial charge in [-0.2, -0.15) is 74.6 Å². The van der Waals surface area contributed by atoms with Gasteiger partial charge in [0.05, 0.1) is 6.61 Å². The minimum absolute atomic E-state index is 0.0544. The molecule has 0 saturated carbocycles. The lowest BCUT2D eigenvalue weighted by molar-refractivity contribution is -0.459. The van der Waals surface area contributed by atoms with Crippen LogP contribution in [0.2, 0.25) is 0 Å². The number of alkyl halides is 17. The first-order valence-electron chi connectivity index (χ1n) is 11.4. The highest BCUT2D eigenvalue weighted by atomic mass is 32.1. The van der Waals surface area contributed by atoms with E-state index in [0.29, 0.717) is 5.56 Å². The molecule has 1 heterocycles. The number of hydrogen-bond donors (Lipinski definition) is 1. The number of aryl methyl sites for hydroxylation is 1. The van der Waals surface area contributed by atoms with Crippen molar-refractivity contribution < 1.29 is 89.0 Å². The first-order valence-corrected chi connectivity index (χ1v) is 12.3. The molecule has 22 heteroatoms. The summed E-state index contributed by atoms with van der Waals surface area (Å²) in [4.78, 5) is 24.5. The van der Waals surface area contributed by atoms with Crippen molar-refractivity contribution in [2.24, 2.45) is 0 Å². The van der Waals surface area contributed by atoms with Gasteiger partial charge in [0.15, 0.2) is 0 Å². The summed E-state index contributed by atoms with van der Waals surface area (Å²) in [5.41, 5.74) is -0.475. The van der Waals surface area contributed by atoms with Crippen LogP contribution < -0.4 is 5.32 Å². The zero-order valence-electron chi connectivity index (χ0n) is 21.7. The molecule has 1 amide bonds. The van der Waals surface area contributed by atoms with E-state index in [4.69, 9.17) is 0 Å². The molecule has 0 bridgehead atoms. The smallest absolute Gasteiger partial charge is 0.460 e. The maximum atomic E-state index is 14.4. The number of anilines is 1. The third-order valence-electron chi connectivity index (χ3n) is 5.87. The van der Waals surface area contributed by atoms with Crippen molar-refractivity contribution in [1.82, 2.24) is 0 Å². The third kappa shape index (κ3) is 5.66. The minimum Gasteiger partial charge on any atom is -0.462 e. The predicted octanol–water partition coefficient (Wildman–Crippen LogP) is 8.85. The number of amides is 1. The van der Waals surface area contributed by atoms with Crippen LogP contribution in [0.3, 0.4) is 0 Å². The van der Waals surface area contributed by atoms with Gasteiger partial charge in [-0.15, -0.1) is 11.3 Å². The van der Waals surface area contributed by atoms with Gasteiger partial charge >= 0.3 is 59.5 Å². The molecule has 0 spiro atoms. The van der Waals surface area contributed by atoms with Gasteiger partial charge in [0.2, 0.25) is 0 Å². The fourth-order valence-corrected chi connectivity index (χ4v) is 4.24. The molecule has 1 aromatic carbocycles. The Morgan fingerprint density at radius 1 is 0.689 bits per heavy atom. The summed E-state index contributed by atoms with van der Waals surface area (Å²) >= 11 is 0.0544. The summed E-state index contributed by atoms with van der Waals surface area (Å²) in [6.45, 7) is 2.35. The number of hydrogen-bond acceptors (Lipinski definition) is 4. The van der Waals surface area contributed by atoms with E-state index >= 15 is 0 Å². The molecule has 4 nitrogen and oxygen atoms in total. The average molecular weight is 707 g/mol. The molecular weight excluding hydrogens is 693 g/mol. The first kappa shape index (κ1) is 37.9. The molecule has 0 radical (unpaired) electrons. The predicted molar refractivity (Wildman–Crippen MR) is 120 cm³/mol. The van der Waals surface area contributed by atoms with Crippen LogP contribution in [0.5, 0.6) is 0 Å². The Morgan fingerprint density at radius 2 is 1.11 bits per heavy atom. The van der Waals surface area contributed by atoms with Crippen molar-refractivity contribution in [3.63, 3.8) is 0 Å². The molecule has 45 heavy (non-hydrogen) atoms. The van der Waals surface area contributed by atoms with Crippen molar-refractivity contribution >= 4 is 28.2 Å². The maximum absolute atomic E-state index is 14.4. The van der Waals surface area contributed by atoms with Gasteiger partial charge in [-0.05, 0) is 19.4 Å². The standard InChI is InChI=1S/C23H14F17NO3S/c1-3-44-14(42)12-11(10-6-4-9(2)5-7-10)8-45-13(12)41-15(43)16(24,25)17(26,27)18(28,29)19(30,31)20(32,33)21(34,35)22(36,37)23(38,39)40/h4-8H,3H2,1-2H3,(H,41,43). The van der Waals surface area contributed by atoms with E-state index in [2.05, 4.69) is 4.74 Å². The topological polar surface area (TPSA) is 55.4 Å². The van der Waals surface area contributed by atoms with E-state index < -0.39 is 76.7 Å². The van der Waals surface area contributed by atoms with Crippen LogP contribution >= 0.6 is 11.3 Å². The zero-order chi connectivity index (χ0) is 35.4. The van der Waals surface area contributed by atoms with Crippen molar-refractivity contribution in [3.05, 3.63) is 40.8 Å². The molecule has 1 N–H and O–H groups in total. The van der Waals surface area contributed by atoms with Gasteiger partial charge in [-0.1, -0.05) is 29.8 Å². The van der Waals surface area contributed by atoms with E-state index in [9.17, 15) is 84.2 Å². The molecule has 0 aliphatic rings. The minimum atomic E-state index is -8.83. The monoisotopic (exact) mass is 707 g/mol. The zero-order valence-corrected chi connectivity index (χ0v) is 22.5. The number of nitrogens with one attached hydrogen (secondary N) is 1. The highest BCUT2D eigenvalue weighted by Crippen LogP contribution is 2.64. The number of esters is 1. The van der Waals surface area contributed by atoms with Crippen molar-refractivity contribution in [2.75, 3.05) is 11.9 Å². The molecule has 0 aliphatic carbocycles. The van der Waals surface area contributed by atoms with Crippen LogP contribution in [0.15, 0.2) is 29.6 Å². The first-order chi connectivity index (χ1) is 20.0. The van der Waals surface area contributed by atoms with Gasteiger partial charge < -0.3 is 10.1 Å². The van der Waals surface area contributed by atoms with Crippen LogP contribution in [0.25, 0.3) is 11.1 Å². The largest absolute Gasteiger partial charge is 0.462 e. The second-order valence-electron chi connectivity index (χ2n) is 8.91. The molecule has 254 valence electrons. The van der Waals surface area contributed by atoms with Crippen LogP contribution in [-0.2, 0) is 9.53 Å². The Hall–Kier alpha value is -3.33. The van der Waals surface area contributed by atoms with E-state index in [-0.39, 0.29) is 22.5 Å². The lowest BCUT2D eigenvalue weighted by atomic mass is 9.89. The van der Waals surface area contributed by atoms with Crippen LogP contribution in [0.4, 0.5) is 79.6 Å². The lowest BCUT2D eigenvalue weighted by Gasteiger charge is -2.42. The molecule has 0 saturated heterocycles. The summed E-state index contributed by atoms with van der Waals surface area (Å²) in [5.74, 6) is -64.1. The normalized spacial score (nSPS) is 14.4. The number of ether oxygens (including phenoxy) is 1. The van der Waals surface area contributed by atoms with Crippen LogP contribution in [-0.4, -0.2) is 66.1 Å². The molecular formula is C23H14F17NO3S. The van der Waals surface area contributed by atoms with Gasteiger partial charge in [0.1, 0.15) is 10.6 Å². The Labute approximate surface area is 243 Å². The number of carbonyl (C=O) groups is 2. The number of thiophene rings is 1. The Kier molecular flexibility index (Phi) is 9.66. The van der Waals surface area contributed by atoms with E-state index in [1.807, 2.05) is 0 Å². The molecule has 0 aliphatic heterocycles. The number of carbonyl (C=O) groups excluding carboxylic acids is 2. The van der Waals surface area contributed by atoms with Crippen molar-refractivity contribution in [1.29, 1.82) is 0 Å². The Morgan fingerprint density at radius 3 is 1.53 bits per heavy atom. The van der Waals surface area contributed by atoms with Crippen molar-refractivity contribution in [2.45, 2.75) is 61.5 Å². The summed E-state index contributed by atoms with van der Waals surface area (Å²) in [6, 6.07) is 5.47. The Bertz CT molecular complexity index is 1410. The lowest BCUT2D eigenvalue weighted by Crippen LogP contribution is -2.75. The maximum Gasteiger partial charge on any atom is 0.460 e. The molecule has 2 rings (SSSR count). The second kappa shape index (κ2) is 11.5. The van der Waals surface area contributed by atoms with E-state index in [1.54, 1.807) is 6.92 Å². The average Bonchev–Trinajstić information content (AvgIpc) is 3.31. The van der Waals surface area contributed by atoms with Gasteiger partial charge in [-0.25, -0.2) is 4.79 Å². The third-order valence-corrected chi connectivity index (χ3v) is 6.76. The summed E-state index contributed by atoms with van der Waals surface area (Å²) < 4.78 is 235. The fraction of sp³-hybridized carbons (Fsp3) is 0.478. The quantitative estimate of drug-likeness (QED) is 0.188. The fourth-order valence-electron chi connectivity index (χ4n) is 3.29. The number of benzene rings is 1. The number of rotatable bonds is 11. The molecule has 0 unspecified atom stereocenters. The van der Waals surface area contributed by atoms with Crippen molar-refractivity contribution in [3.8, 4) is 11.1 Å². The van der Waals surface area contributed by atoms with E-state index in [1.165, 1.54) is 31.2 Å². The molecule has 0 fully saturated rings. The molecule has 1 aromatic heterocycles. The molecule has 2 aromatic rings. The van der Waals surface area contributed by atoms with Gasteiger partial charge in [0, 0.05) is 10.9 Å². The highest BCUT2D eigenvalue weighted by Gasteiger charge is 2.95. The highest BCUT2D eigenvalue weighted by molar-refractivity contribution is 7.15.